The van der Waals surface area contributed by atoms with Gasteiger partial charge < -0.3 is 4.90 Å². The Kier molecular flexibility index (Phi) is 9.21. The van der Waals surface area contributed by atoms with Crippen LogP contribution in [0.4, 0.5) is 5.13 Å². The monoisotopic (exact) mass is 495 g/mol. The van der Waals surface area contributed by atoms with E-state index in [1.54, 1.807) is 24.0 Å². The molecule has 0 spiro atoms. The van der Waals surface area contributed by atoms with Crippen LogP contribution in [-0.2, 0) is 16.3 Å². The van der Waals surface area contributed by atoms with E-state index in [0.717, 1.165) is 35.2 Å². The fourth-order valence-corrected chi connectivity index (χ4v) is 5.33. The smallest absolute Gasteiger partial charge is 0.260 e. The highest BCUT2D eigenvalue weighted by Crippen LogP contribution is 2.32. The van der Waals surface area contributed by atoms with Gasteiger partial charge in [-0.25, -0.2) is 13.4 Å². The molecule has 9 heteroatoms. The van der Waals surface area contributed by atoms with Gasteiger partial charge in [-0.1, -0.05) is 43.4 Å². The first kappa shape index (κ1) is 26.3. The average Bonchev–Trinajstić information content (AvgIpc) is 3.20. The number of carbonyl (C=O) groups excluding carboxylic acids is 1. The summed E-state index contributed by atoms with van der Waals surface area (Å²) in [6.45, 7) is 5.03. The zero-order chi connectivity index (χ0) is 22.6. The number of hydrogen-bond acceptors (Lipinski definition) is 6. The molecule has 1 aromatic heterocycles. The van der Waals surface area contributed by atoms with Gasteiger partial charge in [0.1, 0.15) is 0 Å². The number of rotatable bonds is 9. The quantitative estimate of drug-likeness (QED) is 0.431. The maximum atomic E-state index is 13.5. The molecule has 6 nitrogen and oxygen atoms in total. The first-order chi connectivity index (χ1) is 14.8. The second-order valence-electron chi connectivity index (χ2n) is 7.66. The molecule has 0 aliphatic heterocycles. The molecule has 0 aliphatic rings. The van der Waals surface area contributed by atoms with Crippen LogP contribution in [0.25, 0.3) is 10.2 Å². The van der Waals surface area contributed by atoms with Crippen molar-refractivity contribution < 1.29 is 13.2 Å². The Bertz CT molecular complexity index is 1180. The lowest BCUT2D eigenvalue weighted by Crippen LogP contribution is -2.33. The molecular weight excluding hydrogens is 466 g/mol. The number of aryl methyl sites for hydroxylation is 1. The maximum absolute atomic E-state index is 13.5. The topological polar surface area (TPSA) is 70.6 Å². The molecule has 0 bridgehead atoms. The first-order valence-electron chi connectivity index (χ1n) is 10.4. The summed E-state index contributed by atoms with van der Waals surface area (Å²) in [5.74, 6) is -0.237. The van der Waals surface area contributed by atoms with Gasteiger partial charge in [0, 0.05) is 12.1 Å². The molecule has 32 heavy (non-hydrogen) atoms. The third kappa shape index (κ3) is 5.86. The zero-order valence-corrected chi connectivity index (χ0v) is 21.3. The number of amides is 1. The van der Waals surface area contributed by atoms with Crippen molar-refractivity contribution >= 4 is 54.8 Å². The van der Waals surface area contributed by atoms with E-state index in [1.165, 1.54) is 23.5 Å². The van der Waals surface area contributed by atoms with Crippen molar-refractivity contribution in [2.45, 2.75) is 31.6 Å². The van der Waals surface area contributed by atoms with Crippen LogP contribution in [0.2, 0.25) is 0 Å². The molecule has 2 aromatic carbocycles. The molecule has 3 rings (SSSR count). The third-order valence-electron chi connectivity index (χ3n) is 5.16. The van der Waals surface area contributed by atoms with Gasteiger partial charge in [0.15, 0.2) is 15.0 Å². The fourth-order valence-electron chi connectivity index (χ4n) is 3.37. The van der Waals surface area contributed by atoms with Crippen molar-refractivity contribution in [3.8, 4) is 0 Å². The molecule has 3 aromatic rings. The summed E-state index contributed by atoms with van der Waals surface area (Å²) in [5.41, 5.74) is 2.43. The average molecular weight is 496 g/mol. The number of thiazole rings is 1. The van der Waals surface area contributed by atoms with Crippen molar-refractivity contribution in [2.75, 3.05) is 37.8 Å². The van der Waals surface area contributed by atoms with Crippen molar-refractivity contribution in [1.29, 1.82) is 0 Å². The van der Waals surface area contributed by atoms with E-state index in [2.05, 4.69) is 17.9 Å². The number of fused-ring (bicyclic) bond motifs is 1. The lowest BCUT2D eigenvalue weighted by atomic mass is 10.1. The largest absolute Gasteiger partial charge is 0.309 e. The molecule has 0 N–H and O–H groups in total. The maximum Gasteiger partial charge on any atom is 0.260 e. The standard InChI is InChI=1S/C23H29N3O3S2.ClH/c1-5-17-10-8-13-20-21(17)24-23(30-20)26(15-9-14-25(3)4)22(27)18-11-7-12-19(16-18)31(28,29)6-2;/h7-8,10-13,16H,5-6,9,14-15H2,1-4H3;1H. The summed E-state index contributed by atoms with van der Waals surface area (Å²) in [6.07, 6.45) is 1.65. The van der Waals surface area contributed by atoms with E-state index in [9.17, 15) is 13.2 Å². The predicted molar refractivity (Wildman–Crippen MR) is 135 cm³/mol. The molecule has 0 unspecified atom stereocenters. The molecule has 0 saturated carbocycles. The highest BCUT2D eigenvalue weighted by Gasteiger charge is 2.23. The fraction of sp³-hybridized carbons (Fsp3) is 0.391. The summed E-state index contributed by atoms with van der Waals surface area (Å²) in [4.78, 5) is 22.2. The van der Waals surface area contributed by atoms with E-state index in [1.807, 2.05) is 26.2 Å². The van der Waals surface area contributed by atoms with Gasteiger partial charge in [-0.05, 0) is 63.3 Å². The van der Waals surface area contributed by atoms with Crippen molar-refractivity contribution in [1.82, 2.24) is 9.88 Å². The van der Waals surface area contributed by atoms with Crippen molar-refractivity contribution in [3.05, 3.63) is 53.6 Å². The van der Waals surface area contributed by atoms with Gasteiger partial charge in [0.05, 0.1) is 20.9 Å². The summed E-state index contributed by atoms with van der Waals surface area (Å²) in [5, 5.41) is 0.642. The highest BCUT2D eigenvalue weighted by atomic mass is 35.5. The predicted octanol–water partition coefficient (Wildman–Crippen LogP) is 4.67. The van der Waals surface area contributed by atoms with E-state index in [-0.39, 0.29) is 29.0 Å². The molecule has 1 amide bonds. The summed E-state index contributed by atoms with van der Waals surface area (Å²) in [7, 11) is 0.600. The summed E-state index contributed by atoms with van der Waals surface area (Å²) < 4.78 is 25.7. The van der Waals surface area contributed by atoms with E-state index < -0.39 is 9.84 Å². The van der Waals surface area contributed by atoms with Gasteiger partial charge in [0.2, 0.25) is 0 Å². The van der Waals surface area contributed by atoms with Crippen molar-refractivity contribution in [3.63, 3.8) is 0 Å². The van der Waals surface area contributed by atoms with Crippen molar-refractivity contribution in [2.24, 2.45) is 0 Å². The van der Waals surface area contributed by atoms with Gasteiger partial charge in [0.25, 0.3) is 5.91 Å². The lowest BCUT2D eigenvalue weighted by Gasteiger charge is -2.21. The van der Waals surface area contributed by atoms with Gasteiger partial charge in [-0.15, -0.1) is 12.4 Å². The number of anilines is 1. The number of sulfone groups is 1. The molecule has 1 heterocycles. The number of nitrogens with zero attached hydrogens (tertiary/aromatic N) is 3. The Morgan fingerprint density at radius 2 is 1.78 bits per heavy atom. The molecule has 0 atom stereocenters. The zero-order valence-electron chi connectivity index (χ0n) is 18.9. The number of hydrogen-bond donors (Lipinski definition) is 0. The van der Waals surface area contributed by atoms with Crippen LogP contribution in [0.3, 0.4) is 0 Å². The van der Waals surface area contributed by atoms with Gasteiger partial charge in [-0.3, -0.25) is 9.69 Å². The Morgan fingerprint density at radius 1 is 1.06 bits per heavy atom. The van der Waals surface area contributed by atoms with E-state index in [0.29, 0.717) is 17.2 Å². The minimum Gasteiger partial charge on any atom is -0.309 e. The molecule has 174 valence electrons. The third-order valence-corrected chi connectivity index (χ3v) is 7.93. The SMILES string of the molecule is CCc1cccc2sc(N(CCCN(C)C)C(=O)c3cccc(S(=O)(=O)CC)c3)nc12.Cl. The second-order valence-corrected chi connectivity index (χ2v) is 10.9. The van der Waals surface area contributed by atoms with Gasteiger partial charge >= 0.3 is 0 Å². The van der Waals surface area contributed by atoms with Crippen LogP contribution in [0.1, 0.15) is 36.2 Å². The van der Waals surface area contributed by atoms with E-state index in [4.69, 9.17) is 4.98 Å². The highest BCUT2D eigenvalue weighted by molar-refractivity contribution is 7.91. The van der Waals surface area contributed by atoms with Crippen LogP contribution in [0.15, 0.2) is 47.4 Å². The summed E-state index contributed by atoms with van der Waals surface area (Å²) >= 11 is 1.49. The number of benzene rings is 2. The number of para-hydroxylation sites is 1. The van der Waals surface area contributed by atoms with Crippen LogP contribution < -0.4 is 4.90 Å². The molecule has 0 radical (unpaired) electrons. The van der Waals surface area contributed by atoms with Crippen LogP contribution in [0.5, 0.6) is 0 Å². The Labute approximate surface area is 200 Å². The van der Waals surface area contributed by atoms with Gasteiger partial charge in [-0.2, -0.15) is 0 Å². The Hall–Kier alpha value is -2.00. The molecule has 0 fully saturated rings. The van der Waals surface area contributed by atoms with Crippen LogP contribution in [-0.4, -0.2) is 57.1 Å². The molecule has 0 saturated heterocycles. The minimum absolute atomic E-state index is 0. The molecule has 0 aliphatic carbocycles. The number of halogens is 1. The first-order valence-corrected chi connectivity index (χ1v) is 12.9. The number of aromatic nitrogens is 1. The Morgan fingerprint density at radius 3 is 2.44 bits per heavy atom. The minimum atomic E-state index is -3.39. The summed E-state index contributed by atoms with van der Waals surface area (Å²) in [6, 6.07) is 12.4. The lowest BCUT2D eigenvalue weighted by molar-refractivity contribution is 0.0986. The van der Waals surface area contributed by atoms with E-state index >= 15 is 0 Å². The Balaban J connectivity index is 0.00000363. The van der Waals surface area contributed by atoms with Crippen LogP contribution in [0, 0.1) is 0 Å². The normalized spacial score (nSPS) is 11.5. The second kappa shape index (κ2) is 11.2. The molecular formula is C23H30ClN3O3S2. The number of carbonyl (C=O) groups is 1. The van der Waals surface area contributed by atoms with Crippen LogP contribution >= 0.6 is 23.7 Å².